The molecular weight excluding hydrogens is 387 g/mol. The van der Waals surface area contributed by atoms with Crippen LogP contribution in [0.2, 0.25) is 0 Å². The summed E-state index contributed by atoms with van der Waals surface area (Å²) in [5, 5.41) is 11.5. The van der Waals surface area contributed by atoms with Crippen LogP contribution in [0.1, 0.15) is 51.2 Å². The van der Waals surface area contributed by atoms with Crippen molar-refractivity contribution in [2.45, 2.75) is 52.4 Å². The molecule has 0 atom stereocenters. The summed E-state index contributed by atoms with van der Waals surface area (Å²) in [4.78, 5) is 11.1. The molecule has 2 aromatic carbocycles. The van der Waals surface area contributed by atoms with E-state index >= 15 is 0 Å². The summed E-state index contributed by atoms with van der Waals surface area (Å²) in [7, 11) is 0. The van der Waals surface area contributed by atoms with Gasteiger partial charge >= 0.3 is 5.97 Å². The fourth-order valence-corrected chi connectivity index (χ4v) is 4.30. The van der Waals surface area contributed by atoms with Gasteiger partial charge in [0.1, 0.15) is 6.42 Å². The van der Waals surface area contributed by atoms with Crippen LogP contribution < -0.4 is 0 Å². The van der Waals surface area contributed by atoms with Gasteiger partial charge in [0.25, 0.3) is 0 Å². The average Bonchev–Trinajstić information content (AvgIpc) is 2.81. The first-order chi connectivity index (χ1) is 11.4. The summed E-state index contributed by atoms with van der Waals surface area (Å²) in [6.07, 6.45) is 2.16. The van der Waals surface area contributed by atoms with E-state index in [1.54, 1.807) is 0 Å². The number of nitrogens with zero attached hydrogens (tertiary/aromatic N) is 1. The van der Waals surface area contributed by atoms with Gasteiger partial charge < -0.3 is 5.11 Å². The minimum atomic E-state index is -0.752. The van der Waals surface area contributed by atoms with Gasteiger partial charge in [-0.15, -0.1) is 34.5 Å². The van der Waals surface area contributed by atoms with Crippen molar-refractivity contribution >= 4 is 28.1 Å². The molecule has 0 aliphatic carbocycles. The van der Waals surface area contributed by atoms with Crippen molar-refractivity contribution in [1.82, 2.24) is 0 Å². The topological polar surface area (TPSA) is 40.3 Å². The van der Waals surface area contributed by atoms with Crippen molar-refractivity contribution in [2.24, 2.45) is 0 Å². The van der Waals surface area contributed by atoms with Crippen LogP contribution in [0.3, 0.4) is 0 Å². The number of carbonyl (C=O) groups is 1. The van der Waals surface area contributed by atoms with E-state index in [1.165, 1.54) is 27.6 Å². The van der Waals surface area contributed by atoms with Crippen molar-refractivity contribution in [3.8, 4) is 0 Å². The predicted octanol–water partition coefficient (Wildman–Crippen LogP) is 4.60. The third kappa shape index (κ3) is 3.22. The number of hydrogen-bond acceptors (Lipinski definition) is 1. The zero-order valence-electron chi connectivity index (χ0n) is 15.5. The average molecular weight is 412 g/mol. The minimum Gasteiger partial charge on any atom is -0.481 e. The summed E-state index contributed by atoms with van der Waals surface area (Å²) in [6, 6.07) is 12.0. The molecule has 1 aliphatic heterocycles. The van der Waals surface area contributed by atoms with Crippen LogP contribution in [-0.4, -0.2) is 27.9 Å². The second kappa shape index (κ2) is 7.67. The normalized spacial score (nSPS) is 15.2. The molecule has 0 unspecified atom stereocenters. The van der Waals surface area contributed by atoms with Crippen LogP contribution in [0.4, 0.5) is 5.69 Å². The van der Waals surface area contributed by atoms with Crippen LogP contribution in [0, 0.1) is 13.0 Å². The van der Waals surface area contributed by atoms with Crippen LogP contribution in [0.25, 0.3) is 10.8 Å². The fraction of sp³-hybridized carbons (Fsp3) is 0.429. The molecule has 4 heteroatoms. The molecule has 129 valence electrons. The third-order valence-electron chi connectivity index (χ3n) is 5.67. The van der Waals surface area contributed by atoms with Gasteiger partial charge in [-0.25, -0.2) is 4.58 Å². The van der Waals surface area contributed by atoms with E-state index in [-0.39, 0.29) is 44.5 Å². The Bertz CT molecular complexity index is 850. The van der Waals surface area contributed by atoms with E-state index in [2.05, 4.69) is 56.5 Å². The minimum absolute atomic E-state index is 0. The Morgan fingerprint density at radius 2 is 1.92 bits per heavy atom. The molecule has 1 N–H and O–H groups in total. The summed E-state index contributed by atoms with van der Waals surface area (Å²) in [5.41, 5.74) is 4.93. The molecule has 0 aromatic heterocycles. The molecule has 0 fully saturated rings. The number of carboxylic acids is 1. The van der Waals surface area contributed by atoms with Gasteiger partial charge in [-0.1, -0.05) is 26.8 Å². The molecule has 3 rings (SSSR count). The van der Waals surface area contributed by atoms with Gasteiger partial charge in [0.05, 0.1) is 0 Å². The smallest absolute Gasteiger partial charge is 0.309 e. The Kier molecular flexibility index (Phi) is 6.22. The Balaban J connectivity index is 0.00000225. The standard InChI is InChI=1S/C21H25NO2.Y/c1-5-21(6-2)15(4)22(12-11-19(23)24)18-10-8-16-13-14(3)7-9-17(16)20(18)21;/h7-8,10,13H,5-6,11-12H2,1-4H3,(H,23,24);. The largest absolute Gasteiger partial charge is 0.481 e. The van der Waals surface area contributed by atoms with E-state index in [1.807, 2.05) is 6.07 Å². The first kappa shape index (κ1) is 20.3. The van der Waals surface area contributed by atoms with E-state index in [4.69, 9.17) is 5.11 Å². The van der Waals surface area contributed by atoms with Crippen molar-refractivity contribution in [1.29, 1.82) is 0 Å². The molecule has 0 amide bonds. The number of fused-ring (bicyclic) bond motifs is 3. The molecule has 3 nitrogen and oxygen atoms in total. The predicted molar refractivity (Wildman–Crippen MR) is 97.5 cm³/mol. The van der Waals surface area contributed by atoms with Gasteiger partial charge in [0, 0.05) is 45.0 Å². The molecule has 0 spiro atoms. The fourth-order valence-electron chi connectivity index (χ4n) is 4.30. The number of carboxylic acid groups (broad SMARTS) is 1. The molecule has 1 aliphatic rings. The summed E-state index contributed by atoms with van der Waals surface area (Å²) >= 11 is 0. The quantitative estimate of drug-likeness (QED) is 0.576. The monoisotopic (exact) mass is 412 g/mol. The maximum Gasteiger partial charge on any atom is 0.309 e. The molecule has 1 radical (unpaired) electrons. The van der Waals surface area contributed by atoms with Crippen molar-refractivity contribution in [3.63, 3.8) is 0 Å². The molecule has 0 bridgehead atoms. The summed E-state index contributed by atoms with van der Waals surface area (Å²) < 4.78 is 2.21. The summed E-state index contributed by atoms with van der Waals surface area (Å²) in [6.45, 7) is 9.23. The van der Waals surface area contributed by atoms with E-state index in [9.17, 15) is 4.79 Å². The van der Waals surface area contributed by atoms with Gasteiger partial charge in [-0.2, -0.15) is 0 Å². The van der Waals surface area contributed by atoms with E-state index in [0.717, 1.165) is 18.5 Å². The first-order valence-electron chi connectivity index (χ1n) is 8.73. The van der Waals surface area contributed by atoms with Crippen LogP contribution >= 0.6 is 0 Å². The molecule has 1 heterocycles. The molecule has 2 aromatic rings. The number of benzene rings is 2. The van der Waals surface area contributed by atoms with Gasteiger partial charge in [0.15, 0.2) is 17.9 Å². The van der Waals surface area contributed by atoms with Gasteiger partial charge in [0.2, 0.25) is 0 Å². The molecule has 0 saturated heterocycles. The SMILES string of the molecule is CCC1(CC)C(C)=[N+](CCC(=O)O)c2ccc3cc(C)c[c-]c3c21.[Y]. The molecular formula is C21H25NO2Y. The van der Waals surface area contributed by atoms with Crippen LogP contribution in [-0.2, 0) is 42.9 Å². The van der Waals surface area contributed by atoms with Crippen LogP contribution in [0.15, 0.2) is 24.3 Å². The molecule has 25 heavy (non-hydrogen) atoms. The van der Waals surface area contributed by atoms with Gasteiger partial charge in [-0.05, 0) is 24.5 Å². The zero-order chi connectivity index (χ0) is 17.5. The van der Waals surface area contributed by atoms with E-state index in [0.29, 0.717) is 6.54 Å². The zero-order valence-corrected chi connectivity index (χ0v) is 18.4. The van der Waals surface area contributed by atoms with Crippen molar-refractivity contribution in [2.75, 3.05) is 6.54 Å². The van der Waals surface area contributed by atoms with Crippen molar-refractivity contribution < 1.29 is 47.2 Å². The maximum atomic E-state index is 11.1. The van der Waals surface area contributed by atoms with E-state index < -0.39 is 5.97 Å². The number of aliphatic carboxylic acids is 1. The Morgan fingerprint density at radius 3 is 2.52 bits per heavy atom. The molecule has 0 saturated carbocycles. The van der Waals surface area contributed by atoms with Crippen molar-refractivity contribution in [3.05, 3.63) is 41.5 Å². The second-order valence-electron chi connectivity index (χ2n) is 6.77. The Labute approximate surface area is 175 Å². The van der Waals surface area contributed by atoms with Gasteiger partial charge in [-0.3, -0.25) is 4.79 Å². The number of aryl methyl sites for hydroxylation is 1. The maximum absolute atomic E-state index is 11.1. The van der Waals surface area contributed by atoms with Crippen LogP contribution in [0.5, 0.6) is 0 Å². The number of hydrogen-bond donors (Lipinski definition) is 1. The first-order valence-corrected chi connectivity index (χ1v) is 8.73. The summed E-state index contributed by atoms with van der Waals surface area (Å²) in [5.74, 6) is -0.752. The Morgan fingerprint density at radius 1 is 1.24 bits per heavy atom. The second-order valence-corrected chi connectivity index (χ2v) is 6.77. The Hall–Kier alpha value is -1.06. The third-order valence-corrected chi connectivity index (χ3v) is 5.67. The number of rotatable bonds is 5.